The van der Waals surface area contributed by atoms with Crippen LogP contribution in [0.5, 0.6) is 0 Å². The van der Waals surface area contributed by atoms with Gasteiger partial charge in [-0.2, -0.15) is 0 Å². The molecule has 1 aliphatic heterocycles. The van der Waals surface area contributed by atoms with Gasteiger partial charge in [0.25, 0.3) is 5.91 Å². The largest absolute Gasteiger partial charge is 0.350 e. The number of nitrogens with zero attached hydrogens (tertiary/aromatic N) is 1. The lowest BCUT2D eigenvalue weighted by atomic mass is 10.0. The molecule has 1 saturated heterocycles. The molecular formula is C9H15FN2OS. The molecule has 0 aliphatic carbocycles. The molecule has 0 bridgehead atoms. The number of rotatable bonds is 4. The SMILES string of the molecule is CC(C)C[C@@H]1NC(=S)N(CCF)C1=O. The van der Waals surface area contributed by atoms with Gasteiger partial charge in [0.1, 0.15) is 12.7 Å². The zero-order valence-corrected chi connectivity index (χ0v) is 9.23. The number of hydrogen-bond donors (Lipinski definition) is 1. The summed E-state index contributed by atoms with van der Waals surface area (Å²) in [5.74, 6) is 0.325. The van der Waals surface area contributed by atoms with Gasteiger partial charge in [-0.05, 0) is 24.6 Å². The Balaban J connectivity index is 2.59. The predicted octanol–water partition coefficient (Wildman–Crippen LogP) is 1.09. The van der Waals surface area contributed by atoms with E-state index in [0.717, 1.165) is 6.42 Å². The molecule has 1 rings (SSSR count). The lowest BCUT2D eigenvalue weighted by Crippen LogP contribution is -2.33. The Bertz CT molecular complexity index is 245. The second kappa shape index (κ2) is 4.68. The zero-order chi connectivity index (χ0) is 10.7. The summed E-state index contributed by atoms with van der Waals surface area (Å²) in [4.78, 5) is 13.0. The molecule has 0 aromatic rings. The monoisotopic (exact) mass is 218 g/mol. The number of alkyl halides is 1. The molecule has 14 heavy (non-hydrogen) atoms. The molecule has 1 atom stereocenters. The smallest absolute Gasteiger partial charge is 0.251 e. The molecule has 0 radical (unpaired) electrons. The van der Waals surface area contributed by atoms with Crippen LogP contribution in [0.3, 0.4) is 0 Å². The number of halogens is 1. The second-order valence-corrected chi connectivity index (χ2v) is 4.20. The average molecular weight is 218 g/mol. The second-order valence-electron chi connectivity index (χ2n) is 3.81. The standard InChI is InChI=1S/C9H15FN2OS/c1-6(2)5-7-8(13)12(4-3-10)9(14)11-7/h6-7H,3-5H2,1-2H3,(H,11,14)/t7-/m0/s1. The van der Waals surface area contributed by atoms with Crippen LogP contribution in [0.2, 0.25) is 0 Å². The van der Waals surface area contributed by atoms with Crippen molar-refractivity contribution in [2.24, 2.45) is 5.92 Å². The van der Waals surface area contributed by atoms with Crippen molar-refractivity contribution < 1.29 is 9.18 Å². The highest BCUT2D eigenvalue weighted by molar-refractivity contribution is 7.80. The molecule has 0 aromatic heterocycles. The molecular weight excluding hydrogens is 203 g/mol. The highest BCUT2D eigenvalue weighted by atomic mass is 32.1. The summed E-state index contributed by atoms with van der Waals surface area (Å²) in [7, 11) is 0. The van der Waals surface area contributed by atoms with E-state index in [-0.39, 0.29) is 18.5 Å². The predicted molar refractivity (Wildman–Crippen MR) is 56.7 cm³/mol. The number of carbonyl (C=O) groups excluding carboxylic acids is 1. The summed E-state index contributed by atoms with van der Waals surface area (Å²) in [6.45, 7) is 3.59. The first-order valence-electron chi connectivity index (χ1n) is 4.74. The minimum absolute atomic E-state index is 0.0687. The van der Waals surface area contributed by atoms with Gasteiger partial charge in [-0.1, -0.05) is 13.8 Å². The molecule has 0 aromatic carbocycles. The number of thiocarbonyl (C=S) groups is 1. The van der Waals surface area contributed by atoms with E-state index in [2.05, 4.69) is 5.32 Å². The van der Waals surface area contributed by atoms with Crippen molar-refractivity contribution in [2.75, 3.05) is 13.2 Å². The highest BCUT2D eigenvalue weighted by Crippen LogP contribution is 2.13. The zero-order valence-electron chi connectivity index (χ0n) is 8.42. The lowest BCUT2D eigenvalue weighted by Gasteiger charge is -2.12. The van der Waals surface area contributed by atoms with Crippen molar-refractivity contribution in [3.05, 3.63) is 0 Å². The van der Waals surface area contributed by atoms with Crippen LogP contribution >= 0.6 is 12.2 Å². The maximum absolute atomic E-state index is 12.1. The molecule has 1 fully saturated rings. The fraction of sp³-hybridized carbons (Fsp3) is 0.778. The van der Waals surface area contributed by atoms with Crippen LogP contribution in [0.1, 0.15) is 20.3 Å². The maximum Gasteiger partial charge on any atom is 0.251 e. The topological polar surface area (TPSA) is 32.3 Å². The Labute approximate surface area is 88.6 Å². The fourth-order valence-electron chi connectivity index (χ4n) is 1.50. The van der Waals surface area contributed by atoms with Crippen LogP contribution in [-0.2, 0) is 4.79 Å². The fourth-order valence-corrected chi connectivity index (χ4v) is 1.83. The van der Waals surface area contributed by atoms with Gasteiger partial charge in [0.2, 0.25) is 0 Å². The van der Waals surface area contributed by atoms with E-state index in [0.29, 0.717) is 11.0 Å². The van der Waals surface area contributed by atoms with Crippen LogP contribution in [-0.4, -0.2) is 35.2 Å². The third-order valence-electron chi connectivity index (χ3n) is 2.12. The molecule has 80 valence electrons. The van der Waals surface area contributed by atoms with Gasteiger partial charge in [0, 0.05) is 0 Å². The molecule has 3 nitrogen and oxygen atoms in total. The van der Waals surface area contributed by atoms with Crippen LogP contribution in [0.25, 0.3) is 0 Å². The van der Waals surface area contributed by atoms with Gasteiger partial charge in [-0.25, -0.2) is 4.39 Å². The average Bonchev–Trinajstić information content (AvgIpc) is 2.32. The van der Waals surface area contributed by atoms with Gasteiger partial charge in [-0.15, -0.1) is 0 Å². The summed E-state index contributed by atoms with van der Waals surface area (Å²) >= 11 is 4.94. The lowest BCUT2D eigenvalue weighted by molar-refractivity contribution is -0.127. The Morgan fingerprint density at radius 1 is 1.64 bits per heavy atom. The van der Waals surface area contributed by atoms with Gasteiger partial charge < -0.3 is 5.32 Å². The van der Waals surface area contributed by atoms with Crippen molar-refractivity contribution in [3.8, 4) is 0 Å². The Hall–Kier alpha value is -0.710. The Kier molecular flexibility index (Phi) is 3.80. The minimum Gasteiger partial charge on any atom is -0.350 e. The first-order chi connectivity index (χ1) is 6.56. The highest BCUT2D eigenvalue weighted by Gasteiger charge is 2.34. The van der Waals surface area contributed by atoms with E-state index >= 15 is 0 Å². The molecule has 1 heterocycles. The van der Waals surface area contributed by atoms with E-state index < -0.39 is 6.67 Å². The van der Waals surface area contributed by atoms with Gasteiger partial charge in [0.15, 0.2) is 5.11 Å². The first kappa shape index (κ1) is 11.4. The molecule has 5 heteroatoms. The summed E-state index contributed by atoms with van der Waals surface area (Å²) < 4.78 is 12.1. The number of carbonyl (C=O) groups is 1. The molecule has 0 spiro atoms. The van der Waals surface area contributed by atoms with E-state index in [1.165, 1.54) is 4.90 Å². The summed E-state index contributed by atoms with van der Waals surface area (Å²) in [5, 5.41) is 3.27. The van der Waals surface area contributed by atoms with Crippen molar-refractivity contribution in [3.63, 3.8) is 0 Å². The molecule has 1 amide bonds. The minimum atomic E-state index is -0.554. The van der Waals surface area contributed by atoms with E-state index in [1.807, 2.05) is 13.8 Å². The number of amides is 1. The summed E-state index contributed by atoms with van der Waals surface area (Å²) in [6, 6.07) is -0.256. The molecule has 1 N–H and O–H groups in total. The Morgan fingerprint density at radius 3 is 2.79 bits per heavy atom. The van der Waals surface area contributed by atoms with Crippen molar-refractivity contribution in [2.45, 2.75) is 26.3 Å². The van der Waals surface area contributed by atoms with Crippen molar-refractivity contribution in [1.82, 2.24) is 10.2 Å². The summed E-state index contributed by atoms with van der Waals surface area (Å²) in [5.41, 5.74) is 0. The van der Waals surface area contributed by atoms with Crippen LogP contribution < -0.4 is 5.32 Å². The summed E-state index contributed by atoms with van der Waals surface area (Å²) in [6.07, 6.45) is 0.738. The number of hydrogen-bond acceptors (Lipinski definition) is 2. The van der Waals surface area contributed by atoms with Crippen molar-refractivity contribution >= 4 is 23.2 Å². The van der Waals surface area contributed by atoms with E-state index in [9.17, 15) is 9.18 Å². The van der Waals surface area contributed by atoms with E-state index in [1.54, 1.807) is 0 Å². The molecule has 1 aliphatic rings. The van der Waals surface area contributed by atoms with Crippen molar-refractivity contribution in [1.29, 1.82) is 0 Å². The normalized spacial score (nSPS) is 22.0. The van der Waals surface area contributed by atoms with Crippen LogP contribution in [0.4, 0.5) is 4.39 Å². The van der Waals surface area contributed by atoms with Gasteiger partial charge in [0.05, 0.1) is 6.54 Å². The molecule has 0 saturated carbocycles. The number of nitrogens with one attached hydrogen (secondary N) is 1. The Morgan fingerprint density at radius 2 is 2.29 bits per heavy atom. The van der Waals surface area contributed by atoms with Crippen LogP contribution in [0, 0.1) is 5.92 Å². The third kappa shape index (κ3) is 2.41. The molecule has 0 unspecified atom stereocenters. The van der Waals surface area contributed by atoms with Crippen LogP contribution in [0.15, 0.2) is 0 Å². The van der Waals surface area contributed by atoms with Gasteiger partial charge >= 0.3 is 0 Å². The van der Waals surface area contributed by atoms with Gasteiger partial charge in [-0.3, -0.25) is 9.69 Å². The first-order valence-corrected chi connectivity index (χ1v) is 5.15. The van der Waals surface area contributed by atoms with E-state index in [4.69, 9.17) is 12.2 Å². The quantitative estimate of drug-likeness (QED) is 0.717. The third-order valence-corrected chi connectivity index (χ3v) is 2.46. The maximum atomic E-state index is 12.1.